The van der Waals surface area contributed by atoms with Crippen LogP contribution in [-0.4, -0.2) is 25.0 Å². The minimum atomic E-state index is -4.33. The van der Waals surface area contributed by atoms with Crippen LogP contribution in [-0.2, 0) is 23.9 Å². The summed E-state index contributed by atoms with van der Waals surface area (Å²) in [6, 6.07) is 12.6. The number of halogens is 3. The van der Waals surface area contributed by atoms with E-state index in [-0.39, 0.29) is 12.5 Å². The molecule has 8 heteroatoms. The van der Waals surface area contributed by atoms with Crippen LogP contribution in [0.2, 0.25) is 0 Å². The van der Waals surface area contributed by atoms with Crippen LogP contribution in [0.1, 0.15) is 30.5 Å². The minimum Gasteiger partial charge on any atom is -0.357 e. The van der Waals surface area contributed by atoms with Gasteiger partial charge in [-0.05, 0) is 48.7 Å². The molecule has 0 heterocycles. The zero-order valence-electron chi connectivity index (χ0n) is 16.4. The van der Waals surface area contributed by atoms with Crippen molar-refractivity contribution in [2.45, 2.75) is 33.0 Å². The van der Waals surface area contributed by atoms with Gasteiger partial charge in [-0.3, -0.25) is 4.79 Å². The number of rotatable bonds is 7. The van der Waals surface area contributed by atoms with Crippen LogP contribution in [0.3, 0.4) is 0 Å². The maximum Gasteiger partial charge on any atom is 0.416 e. The summed E-state index contributed by atoms with van der Waals surface area (Å²) >= 11 is 0. The second-order valence-corrected chi connectivity index (χ2v) is 6.44. The highest BCUT2D eigenvalue weighted by Gasteiger charge is 2.29. The summed E-state index contributed by atoms with van der Waals surface area (Å²) in [5.41, 5.74) is 1.88. The normalized spacial score (nSPS) is 11.8. The maximum absolute atomic E-state index is 12.6. The Kier molecular flexibility index (Phi) is 8.06. The van der Waals surface area contributed by atoms with Gasteiger partial charge >= 0.3 is 6.18 Å². The fraction of sp³-hybridized carbons (Fsp3) is 0.333. The zero-order valence-corrected chi connectivity index (χ0v) is 16.4. The van der Waals surface area contributed by atoms with Gasteiger partial charge in [-0.15, -0.1) is 0 Å². The minimum absolute atomic E-state index is 0.112. The molecule has 0 unspecified atom stereocenters. The fourth-order valence-corrected chi connectivity index (χ4v) is 2.59. The molecule has 0 aliphatic carbocycles. The van der Waals surface area contributed by atoms with Crippen LogP contribution in [0.25, 0.3) is 0 Å². The van der Waals surface area contributed by atoms with Gasteiger partial charge in [-0.1, -0.05) is 24.3 Å². The summed E-state index contributed by atoms with van der Waals surface area (Å²) in [7, 11) is 0. The van der Waals surface area contributed by atoms with E-state index < -0.39 is 11.7 Å². The first-order valence-electron chi connectivity index (χ1n) is 9.32. The number of guanidine groups is 1. The van der Waals surface area contributed by atoms with Gasteiger partial charge in [0.2, 0.25) is 5.91 Å². The average Bonchev–Trinajstić information content (AvgIpc) is 2.66. The first-order valence-corrected chi connectivity index (χ1v) is 9.32. The molecule has 0 radical (unpaired) electrons. The molecule has 0 aliphatic rings. The lowest BCUT2D eigenvalue weighted by atomic mass is 10.1. The molecular formula is C21H25F3N4O. The molecule has 0 atom stereocenters. The molecule has 3 N–H and O–H groups in total. The molecule has 0 fully saturated rings. The van der Waals surface area contributed by atoms with Crippen molar-refractivity contribution < 1.29 is 18.0 Å². The van der Waals surface area contributed by atoms with E-state index in [1.54, 1.807) is 0 Å². The molecule has 29 heavy (non-hydrogen) atoms. The summed E-state index contributed by atoms with van der Waals surface area (Å²) in [5.74, 6) is 0.487. The van der Waals surface area contributed by atoms with Crippen molar-refractivity contribution in [2.24, 2.45) is 4.99 Å². The summed E-state index contributed by atoms with van der Waals surface area (Å²) in [4.78, 5) is 15.5. The Bertz CT molecular complexity index is 815. The van der Waals surface area contributed by atoms with E-state index in [1.165, 1.54) is 19.1 Å². The Balaban J connectivity index is 1.88. The number of amides is 1. The van der Waals surface area contributed by atoms with Crippen LogP contribution in [0.5, 0.6) is 0 Å². The van der Waals surface area contributed by atoms with Crippen molar-refractivity contribution in [3.8, 4) is 0 Å². The smallest absolute Gasteiger partial charge is 0.357 e. The Morgan fingerprint density at radius 2 is 1.59 bits per heavy atom. The predicted octanol–water partition coefficient (Wildman–Crippen LogP) is 3.96. The summed E-state index contributed by atoms with van der Waals surface area (Å²) < 4.78 is 37.9. The van der Waals surface area contributed by atoms with Crippen molar-refractivity contribution in [3.05, 3.63) is 65.2 Å². The first-order chi connectivity index (χ1) is 13.8. The molecule has 1 amide bonds. The second-order valence-electron chi connectivity index (χ2n) is 6.44. The topological polar surface area (TPSA) is 65.5 Å². The number of carbonyl (C=O) groups excluding carboxylic acids is 1. The number of anilines is 1. The number of nitrogens with zero attached hydrogens (tertiary/aromatic N) is 1. The van der Waals surface area contributed by atoms with Crippen LogP contribution in [0, 0.1) is 0 Å². The van der Waals surface area contributed by atoms with Crippen LogP contribution < -0.4 is 16.0 Å². The van der Waals surface area contributed by atoms with E-state index in [0.717, 1.165) is 29.8 Å². The molecule has 0 aliphatic heterocycles. The summed E-state index contributed by atoms with van der Waals surface area (Å²) in [6.45, 7) is 4.99. The largest absolute Gasteiger partial charge is 0.416 e. The number of carbonyl (C=O) groups is 1. The molecule has 156 valence electrons. The number of benzene rings is 2. The van der Waals surface area contributed by atoms with Crippen LogP contribution >= 0.6 is 0 Å². The fourth-order valence-electron chi connectivity index (χ4n) is 2.59. The highest BCUT2D eigenvalue weighted by Crippen LogP contribution is 2.29. The van der Waals surface area contributed by atoms with Crippen molar-refractivity contribution in [2.75, 3.05) is 18.4 Å². The molecule has 5 nitrogen and oxygen atoms in total. The highest BCUT2D eigenvalue weighted by atomic mass is 19.4. The SMILES string of the molecule is CCNC(=NCc1ccc(C(F)(F)F)cc1)NCCc1ccc(NC(C)=O)cc1. The van der Waals surface area contributed by atoms with E-state index in [4.69, 9.17) is 0 Å². The molecule has 0 saturated carbocycles. The van der Waals surface area contributed by atoms with Gasteiger partial charge in [0.1, 0.15) is 0 Å². The van der Waals surface area contributed by atoms with Gasteiger partial charge in [-0.25, -0.2) is 4.99 Å². The molecule has 0 bridgehead atoms. The third-order valence-corrected chi connectivity index (χ3v) is 4.03. The van der Waals surface area contributed by atoms with E-state index in [0.29, 0.717) is 24.6 Å². The predicted molar refractivity (Wildman–Crippen MR) is 109 cm³/mol. The van der Waals surface area contributed by atoms with Gasteiger partial charge in [0.05, 0.1) is 12.1 Å². The zero-order chi connectivity index (χ0) is 21.3. The summed E-state index contributed by atoms with van der Waals surface area (Å²) in [6.07, 6.45) is -3.58. The second kappa shape index (κ2) is 10.5. The molecule has 2 rings (SSSR count). The quantitative estimate of drug-likeness (QED) is 0.482. The van der Waals surface area contributed by atoms with E-state index in [9.17, 15) is 18.0 Å². The molecule has 0 spiro atoms. The lowest BCUT2D eigenvalue weighted by Gasteiger charge is -2.12. The van der Waals surface area contributed by atoms with Crippen molar-refractivity contribution in [1.29, 1.82) is 0 Å². The molecule has 2 aromatic carbocycles. The van der Waals surface area contributed by atoms with E-state index >= 15 is 0 Å². The van der Waals surface area contributed by atoms with Crippen molar-refractivity contribution in [1.82, 2.24) is 10.6 Å². The van der Waals surface area contributed by atoms with Crippen molar-refractivity contribution in [3.63, 3.8) is 0 Å². The number of hydrogen-bond acceptors (Lipinski definition) is 2. The van der Waals surface area contributed by atoms with Gasteiger partial charge in [0, 0.05) is 25.7 Å². The molecule has 2 aromatic rings. The average molecular weight is 406 g/mol. The monoisotopic (exact) mass is 406 g/mol. The van der Waals surface area contributed by atoms with Crippen LogP contribution in [0.15, 0.2) is 53.5 Å². The number of alkyl halides is 3. The van der Waals surface area contributed by atoms with Gasteiger partial charge in [0.15, 0.2) is 5.96 Å². The molecule has 0 saturated heterocycles. The lowest BCUT2D eigenvalue weighted by Crippen LogP contribution is -2.38. The van der Waals surface area contributed by atoms with Crippen molar-refractivity contribution >= 4 is 17.6 Å². The van der Waals surface area contributed by atoms with Gasteiger partial charge < -0.3 is 16.0 Å². The number of hydrogen-bond donors (Lipinski definition) is 3. The summed E-state index contributed by atoms with van der Waals surface area (Å²) in [5, 5.41) is 9.05. The lowest BCUT2D eigenvalue weighted by molar-refractivity contribution is -0.137. The Morgan fingerprint density at radius 3 is 2.14 bits per heavy atom. The third-order valence-electron chi connectivity index (χ3n) is 4.03. The number of nitrogens with one attached hydrogen (secondary N) is 3. The Morgan fingerprint density at radius 1 is 0.966 bits per heavy atom. The third kappa shape index (κ3) is 7.85. The van der Waals surface area contributed by atoms with E-state index in [1.807, 2.05) is 31.2 Å². The van der Waals surface area contributed by atoms with Gasteiger partial charge in [0.25, 0.3) is 0 Å². The van der Waals surface area contributed by atoms with Gasteiger partial charge in [-0.2, -0.15) is 13.2 Å². The highest BCUT2D eigenvalue weighted by molar-refractivity contribution is 5.88. The maximum atomic E-state index is 12.6. The van der Waals surface area contributed by atoms with Crippen LogP contribution in [0.4, 0.5) is 18.9 Å². The van der Waals surface area contributed by atoms with E-state index in [2.05, 4.69) is 20.9 Å². The Hall–Kier alpha value is -3.03. The number of aliphatic imine (C=N–C) groups is 1. The first kappa shape index (κ1) is 22.3. The standard InChI is InChI=1S/C21H25F3N4O/c1-3-25-20(27-14-17-4-8-18(9-5-17)21(22,23)24)26-13-12-16-6-10-19(11-7-16)28-15(2)29/h4-11H,3,12-14H2,1-2H3,(H,28,29)(H2,25,26,27). The Labute approximate surface area is 168 Å². The molecular weight excluding hydrogens is 381 g/mol. The molecule has 0 aromatic heterocycles.